The lowest BCUT2D eigenvalue weighted by Gasteiger charge is -2.17. The standard InChI is InChI=1S/C15H15N3O/c1-19-15(12-5-3-2-4-6-12)11-18-14-8-7-13(9-16)17-10-14/h2-8,10,15,18H,11H2,1H3. The van der Waals surface area contributed by atoms with Gasteiger partial charge in [0.05, 0.1) is 18.0 Å². The maximum atomic E-state index is 8.68. The molecule has 0 aliphatic rings. The topological polar surface area (TPSA) is 57.9 Å². The van der Waals surface area contributed by atoms with Crippen molar-refractivity contribution < 1.29 is 4.74 Å². The molecule has 2 aromatic rings. The fourth-order valence-electron chi connectivity index (χ4n) is 1.78. The molecule has 0 aliphatic carbocycles. The lowest BCUT2D eigenvalue weighted by molar-refractivity contribution is 0.114. The van der Waals surface area contributed by atoms with Crippen molar-refractivity contribution in [3.63, 3.8) is 0 Å². The summed E-state index contributed by atoms with van der Waals surface area (Å²) < 4.78 is 5.47. The Bertz CT molecular complexity index is 546. The summed E-state index contributed by atoms with van der Waals surface area (Å²) in [6, 6.07) is 15.5. The molecule has 0 fully saturated rings. The average molecular weight is 253 g/mol. The fraction of sp³-hybridized carbons (Fsp3) is 0.200. The molecular formula is C15H15N3O. The van der Waals surface area contributed by atoms with Crippen molar-refractivity contribution in [1.82, 2.24) is 4.98 Å². The van der Waals surface area contributed by atoms with Gasteiger partial charge in [-0.3, -0.25) is 0 Å². The molecular weight excluding hydrogens is 238 g/mol. The maximum absolute atomic E-state index is 8.68. The third kappa shape index (κ3) is 3.54. The van der Waals surface area contributed by atoms with Crippen molar-refractivity contribution in [1.29, 1.82) is 5.26 Å². The molecule has 0 amide bonds. The summed E-state index contributed by atoms with van der Waals surface area (Å²) in [4.78, 5) is 4.01. The summed E-state index contributed by atoms with van der Waals surface area (Å²) in [6.07, 6.45) is 1.63. The third-order valence-electron chi connectivity index (χ3n) is 2.83. The zero-order valence-corrected chi connectivity index (χ0v) is 10.7. The monoisotopic (exact) mass is 253 g/mol. The van der Waals surface area contributed by atoms with Crippen molar-refractivity contribution in [3.05, 3.63) is 59.9 Å². The van der Waals surface area contributed by atoms with Crippen molar-refractivity contribution >= 4 is 5.69 Å². The van der Waals surface area contributed by atoms with E-state index in [1.165, 1.54) is 0 Å². The fourth-order valence-corrected chi connectivity index (χ4v) is 1.78. The van der Waals surface area contributed by atoms with Gasteiger partial charge in [0.25, 0.3) is 0 Å². The first-order valence-electron chi connectivity index (χ1n) is 6.01. The highest BCUT2D eigenvalue weighted by molar-refractivity contribution is 5.43. The summed E-state index contributed by atoms with van der Waals surface area (Å²) in [5.74, 6) is 0. The molecule has 1 aromatic heterocycles. The van der Waals surface area contributed by atoms with Crippen molar-refractivity contribution in [2.24, 2.45) is 0 Å². The number of rotatable bonds is 5. The van der Waals surface area contributed by atoms with E-state index in [2.05, 4.69) is 10.3 Å². The number of pyridine rings is 1. The minimum atomic E-state index is -0.0168. The van der Waals surface area contributed by atoms with Crippen LogP contribution in [-0.4, -0.2) is 18.6 Å². The van der Waals surface area contributed by atoms with Gasteiger partial charge in [0.15, 0.2) is 0 Å². The van der Waals surface area contributed by atoms with E-state index in [1.807, 2.05) is 42.5 Å². The molecule has 96 valence electrons. The summed E-state index contributed by atoms with van der Waals surface area (Å²) in [5, 5.41) is 11.9. The molecule has 19 heavy (non-hydrogen) atoms. The summed E-state index contributed by atoms with van der Waals surface area (Å²) >= 11 is 0. The lowest BCUT2D eigenvalue weighted by atomic mass is 10.1. The second-order valence-corrected chi connectivity index (χ2v) is 4.06. The largest absolute Gasteiger partial charge is 0.381 e. The average Bonchev–Trinajstić information content (AvgIpc) is 2.49. The van der Waals surface area contributed by atoms with E-state index in [4.69, 9.17) is 10.00 Å². The Hall–Kier alpha value is -2.38. The number of nitrogens with one attached hydrogen (secondary N) is 1. The van der Waals surface area contributed by atoms with Crippen LogP contribution in [0.15, 0.2) is 48.7 Å². The van der Waals surface area contributed by atoms with Crippen LogP contribution in [0.25, 0.3) is 0 Å². The van der Waals surface area contributed by atoms with Crippen LogP contribution in [0.4, 0.5) is 5.69 Å². The Morgan fingerprint density at radius 3 is 2.63 bits per heavy atom. The van der Waals surface area contributed by atoms with Gasteiger partial charge in [-0.05, 0) is 17.7 Å². The molecule has 0 saturated carbocycles. The molecule has 4 nitrogen and oxygen atoms in total. The molecule has 1 aromatic carbocycles. The van der Waals surface area contributed by atoms with Gasteiger partial charge in [-0.1, -0.05) is 30.3 Å². The molecule has 0 saturated heterocycles. The second kappa shape index (κ2) is 6.53. The minimum absolute atomic E-state index is 0.0168. The van der Waals surface area contributed by atoms with Crippen LogP contribution in [0.2, 0.25) is 0 Å². The first-order valence-corrected chi connectivity index (χ1v) is 6.01. The van der Waals surface area contributed by atoms with E-state index in [1.54, 1.807) is 19.4 Å². The molecule has 1 heterocycles. The molecule has 0 bridgehead atoms. The number of hydrogen-bond donors (Lipinski definition) is 1. The van der Waals surface area contributed by atoms with E-state index in [9.17, 15) is 0 Å². The number of methoxy groups -OCH3 is 1. The number of nitrogens with zero attached hydrogens (tertiary/aromatic N) is 2. The Morgan fingerprint density at radius 2 is 2.05 bits per heavy atom. The number of ether oxygens (including phenoxy) is 1. The van der Waals surface area contributed by atoms with Crippen molar-refractivity contribution in [2.75, 3.05) is 19.0 Å². The third-order valence-corrected chi connectivity index (χ3v) is 2.83. The Labute approximate surface area is 112 Å². The number of hydrogen-bond acceptors (Lipinski definition) is 4. The SMILES string of the molecule is COC(CNc1ccc(C#N)nc1)c1ccccc1. The molecule has 4 heteroatoms. The molecule has 1 unspecified atom stereocenters. The van der Waals surface area contributed by atoms with Crippen LogP contribution >= 0.6 is 0 Å². The van der Waals surface area contributed by atoms with E-state index in [0.717, 1.165) is 11.3 Å². The van der Waals surface area contributed by atoms with Gasteiger partial charge in [-0.25, -0.2) is 4.98 Å². The molecule has 1 atom stereocenters. The van der Waals surface area contributed by atoms with E-state index < -0.39 is 0 Å². The van der Waals surface area contributed by atoms with Crippen LogP contribution in [0.5, 0.6) is 0 Å². The second-order valence-electron chi connectivity index (χ2n) is 4.06. The predicted molar refractivity (Wildman–Crippen MR) is 73.6 cm³/mol. The summed E-state index contributed by atoms with van der Waals surface area (Å²) in [7, 11) is 1.69. The number of anilines is 1. The van der Waals surface area contributed by atoms with Crippen LogP contribution in [0.1, 0.15) is 17.4 Å². The predicted octanol–water partition coefficient (Wildman–Crippen LogP) is 2.75. The van der Waals surface area contributed by atoms with Crippen molar-refractivity contribution in [3.8, 4) is 6.07 Å². The minimum Gasteiger partial charge on any atom is -0.381 e. The quantitative estimate of drug-likeness (QED) is 0.890. The lowest BCUT2D eigenvalue weighted by Crippen LogP contribution is -2.14. The smallest absolute Gasteiger partial charge is 0.140 e. The van der Waals surface area contributed by atoms with Crippen LogP contribution in [0, 0.1) is 11.3 Å². The van der Waals surface area contributed by atoms with Crippen LogP contribution in [-0.2, 0) is 4.74 Å². The highest BCUT2D eigenvalue weighted by Crippen LogP contribution is 2.17. The van der Waals surface area contributed by atoms with Crippen LogP contribution < -0.4 is 5.32 Å². The van der Waals surface area contributed by atoms with Gasteiger partial charge in [0, 0.05) is 13.7 Å². The van der Waals surface area contributed by atoms with E-state index in [0.29, 0.717) is 12.2 Å². The molecule has 0 radical (unpaired) electrons. The highest BCUT2D eigenvalue weighted by atomic mass is 16.5. The van der Waals surface area contributed by atoms with Gasteiger partial charge >= 0.3 is 0 Å². The number of nitriles is 1. The first-order chi connectivity index (χ1) is 9.33. The molecule has 0 spiro atoms. The molecule has 2 rings (SSSR count). The van der Waals surface area contributed by atoms with Gasteiger partial charge in [0.2, 0.25) is 0 Å². The van der Waals surface area contributed by atoms with Gasteiger partial charge < -0.3 is 10.1 Å². The van der Waals surface area contributed by atoms with Gasteiger partial charge in [-0.15, -0.1) is 0 Å². The zero-order chi connectivity index (χ0) is 13.5. The zero-order valence-electron chi connectivity index (χ0n) is 10.7. The van der Waals surface area contributed by atoms with Gasteiger partial charge in [-0.2, -0.15) is 5.26 Å². The number of aromatic nitrogens is 1. The molecule has 1 N–H and O–H groups in total. The Kier molecular flexibility index (Phi) is 4.49. The van der Waals surface area contributed by atoms with Gasteiger partial charge in [0.1, 0.15) is 11.8 Å². The van der Waals surface area contributed by atoms with Crippen molar-refractivity contribution in [2.45, 2.75) is 6.10 Å². The summed E-state index contributed by atoms with van der Waals surface area (Å²) in [5.41, 5.74) is 2.41. The Morgan fingerprint density at radius 1 is 1.26 bits per heavy atom. The first kappa shape index (κ1) is 13.1. The highest BCUT2D eigenvalue weighted by Gasteiger charge is 2.09. The van der Waals surface area contributed by atoms with E-state index >= 15 is 0 Å². The normalized spacial score (nSPS) is 11.6. The van der Waals surface area contributed by atoms with E-state index in [-0.39, 0.29) is 6.10 Å². The summed E-state index contributed by atoms with van der Waals surface area (Å²) in [6.45, 7) is 0.647. The Balaban J connectivity index is 1.98. The number of benzene rings is 1. The molecule has 0 aliphatic heterocycles. The van der Waals surface area contributed by atoms with Crippen LogP contribution in [0.3, 0.4) is 0 Å². The maximum Gasteiger partial charge on any atom is 0.140 e.